The quantitative estimate of drug-likeness (QED) is 0.635. The summed E-state index contributed by atoms with van der Waals surface area (Å²) in [5.74, 6) is -0.185. The second kappa shape index (κ2) is 8.45. The van der Waals surface area contributed by atoms with E-state index >= 15 is 0 Å². The van der Waals surface area contributed by atoms with Gasteiger partial charge >= 0.3 is 0 Å². The van der Waals surface area contributed by atoms with Gasteiger partial charge in [-0.15, -0.1) is 0 Å². The molecule has 2 aromatic carbocycles. The van der Waals surface area contributed by atoms with E-state index in [-0.39, 0.29) is 11.8 Å². The number of nitrogens with zero attached hydrogens (tertiary/aromatic N) is 1. The number of amides is 2. The molecule has 0 atom stereocenters. The van der Waals surface area contributed by atoms with Gasteiger partial charge < -0.3 is 16.4 Å². The molecule has 3 rings (SSSR count). The molecule has 6 heteroatoms. The summed E-state index contributed by atoms with van der Waals surface area (Å²) in [6.07, 6.45) is 1.68. The van der Waals surface area contributed by atoms with E-state index in [0.29, 0.717) is 29.2 Å². The Labute approximate surface area is 163 Å². The summed E-state index contributed by atoms with van der Waals surface area (Å²) in [5, 5.41) is 5.58. The van der Waals surface area contributed by atoms with Gasteiger partial charge in [0.1, 0.15) is 5.82 Å². The Balaban J connectivity index is 1.82. The van der Waals surface area contributed by atoms with Gasteiger partial charge in [-0.3, -0.25) is 9.59 Å². The number of hydrogen-bond donors (Lipinski definition) is 3. The molecule has 142 valence electrons. The molecule has 0 saturated heterocycles. The molecule has 0 fully saturated rings. The van der Waals surface area contributed by atoms with Crippen LogP contribution in [0.2, 0.25) is 0 Å². The van der Waals surface area contributed by atoms with E-state index < -0.39 is 0 Å². The summed E-state index contributed by atoms with van der Waals surface area (Å²) in [6.45, 7) is 4.22. The zero-order chi connectivity index (χ0) is 20.1. The summed E-state index contributed by atoms with van der Waals surface area (Å²) < 4.78 is 0. The van der Waals surface area contributed by atoms with Gasteiger partial charge in [-0.1, -0.05) is 29.8 Å². The third kappa shape index (κ3) is 4.61. The second-order valence-electron chi connectivity index (χ2n) is 6.58. The minimum atomic E-state index is -0.339. The molecule has 0 aliphatic carbocycles. The highest BCUT2D eigenvalue weighted by molar-refractivity contribution is 6.12. The van der Waals surface area contributed by atoms with Crippen LogP contribution in [0.25, 0.3) is 0 Å². The van der Waals surface area contributed by atoms with Crippen LogP contribution in [0.3, 0.4) is 0 Å². The summed E-state index contributed by atoms with van der Waals surface area (Å²) in [7, 11) is 0. The average molecular weight is 374 g/mol. The lowest BCUT2D eigenvalue weighted by Gasteiger charge is -2.12. The predicted octanol–water partition coefficient (Wildman–Crippen LogP) is 3.66. The van der Waals surface area contributed by atoms with Gasteiger partial charge in [0.2, 0.25) is 0 Å². The lowest BCUT2D eigenvalue weighted by molar-refractivity contribution is 0.102. The van der Waals surface area contributed by atoms with E-state index in [1.54, 1.807) is 48.7 Å². The second-order valence-corrected chi connectivity index (χ2v) is 6.58. The molecule has 0 saturated carbocycles. The fourth-order valence-electron chi connectivity index (χ4n) is 2.67. The van der Waals surface area contributed by atoms with Gasteiger partial charge in [-0.25, -0.2) is 4.98 Å². The maximum Gasteiger partial charge on any atom is 0.258 e. The van der Waals surface area contributed by atoms with Crippen molar-refractivity contribution in [2.24, 2.45) is 5.73 Å². The number of nitrogens with two attached hydrogens (primary N) is 1. The molecule has 3 aromatic rings. The fourth-order valence-corrected chi connectivity index (χ4v) is 2.67. The molecular weight excluding hydrogens is 352 g/mol. The van der Waals surface area contributed by atoms with Crippen LogP contribution in [0.1, 0.15) is 37.4 Å². The van der Waals surface area contributed by atoms with Crippen molar-refractivity contribution in [3.05, 3.63) is 88.6 Å². The Kier molecular flexibility index (Phi) is 5.81. The molecule has 1 heterocycles. The van der Waals surface area contributed by atoms with Crippen LogP contribution >= 0.6 is 0 Å². The minimum absolute atomic E-state index is 0.296. The molecule has 0 radical (unpaired) electrons. The van der Waals surface area contributed by atoms with Gasteiger partial charge in [-0.2, -0.15) is 0 Å². The van der Waals surface area contributed by atoms with E-state index in [1.165, 1.54) is 0 Å². The van der Waals surface area contributed by atoms with Crippen molar-refractivity contribution in [2.45, 2.75) is 20.4 Å². The van der Waals surface area contributed by atoms with Crippen LogP contribution in [-0.2, 0) is 6.54 Å². The molecule has 6 nitrogen and oxygen atoms in total. The average Bonchev–Trinajstić information content (AvgIpc) is 2.71. The molecular formula is C22H22N4O2. The largest absolute Gasteiger partial charge is 0.326 e. The van der Waals surface area contributed by atoms with Crippen LogP contribution in [0, 0.1) is 13.8 Å². The molecule has 0 aliphatic rings. The summed E-state index contributed by atoms with van der Waals surface area (Å²) in [6, 6.07) is 15.9. The molecule has 0 aliphatic heterocycles. The highest BCUT2D eigenvalue weighted by atomic mass is 16.2. The lowest BCUT2D eigenvalue weighted by atomic mass is 10.1. The standard InChI is InChI=1S/C22H22N4O2/c1-14-3-9-19(25-21(27)17-7-5-16(12-23)6-8-17)18(11-14)22(28)26-20-10-4-15(2)13-24-20/h3-11,13H,12,23H2,1-2H3,(H,25,27)(H,24,26,28). The van der Waals surface area contributed by atoms with Crippen molar-refractivity contribution in [1.29, 1.82) is 0 Å². The topological polar surface area (TPSA) is 97.1 Å². The maximum absolute atomic E-state index is 12.8. The summed E-state index contributed by atoms with van der Waals surface area (Å²) in [5.41, 5.74) is 9.74. The Morgan fingerprint density at radius 3 is 2.25 bits per heavy atom. The van der Waals surface area contributed by atoms with E-state index in [1.807, 2.05) is 26.0 Å². The zero-order valence-corrected chi connectivity index (χ0v) is 15.8. The third-order valence-electron chi connectivity index (χ3n) is 4.27. The highest BCUT2D eigenvalue weighted by Crippen LogP contribution is 2.20. The first-order valence-corrected chi connectivity index (χ1v) is 8.91. The monoisotopic (exact) mass is 374 g/mol. The van der Waals surface area contributed by atoms with Gasteiger partial charge in [0.15, 0.2) is 0 Å². The van der Waals surface area contributed by atoms with E-state index in [2.05, 4.69) is 15.6 Å². The number of anilines is 2. The van der Waals surface area contributed by atoms with Crippen molar-refractivity contribution in [3.63, 3.8) is 0 Å². The van der Waals surface area contributed by atoms with Gasteiger partial charge in [0, 0.05) is 18.3 Å². The van der Waals surface area contributed by atoms with Crippen molar-refractivity contribution in [3.8, 4) is 0 Å². The third-order valence-corrected chi connectivity index (χ3v) is 4.27. The van der Waals surface area contributed by atoms with Gasteiger partial charge in [0.25, 0.3) is 11.8 Å². The first kappa shape index (κ1) is 19.3. The number of benzene rings is 2. The number of rotatable bonds is 5. The fraction of sp³-hybridized carbons (Fsp3) is 0.136. The normalized spacial score (nSPS) is 10.4. The first-order chi connectivity index (χ1) is 13.5. The SMILES string of the molecule is Cc1ccc(NC(=O)c2cc(C)ccc2NC(=O)c2ccc(CN)cc2)nc1. The van der Waals surface area contributed by atoms with Crippen LogP contribution in [0.5, 0.6) is 0 Å². The Morgan fingerprint density at radius 2 is 1.61 bits per heavy atom. The molecule has 0 bridgehead atoms. The summed E-state index contributed by atoms with van der Waals surface area (Å²) in [4.78, 5) is 29.5. The van der Waals surface area contributed by atoms with Gasteiger partial charge in [-0.05, 0) is 55.3 Å². The number of pyridine rings is 1. The molecule has 28 heavy (non-hydrogen) atoms. The Bertz CT molecular complexity index is 996. The first-order valence-electron chi connectivity index (χ1n) is 8.91. The minimum Gasteiger partial charge on any atom is -0.326 e. The number of aryl methyl sites for hydroxylation is 2. The highest BCUT2D eigenvalue weighted by Gasteiger charge is 2.15. The van der Waals surface area contributed by atoms with E-state index in [9.17, 15) is 9.59 Å². The van der Waals surface area contributed by atoms with E-state index in [0.717, 1.165) is 16.7 Å². The number of hydrogen-bond acceptors (Lipinski definition) is 4. The molecule has 0 unspecified atom stereocenters. The molecule has 2 amide bonds. The van der Waals surface area contributed by atoms with Crippen molar-refractivity contribution >= 4 is 23.3 Å². The molecule has 0 spiro atoms. The number of carbonyl (C=O) groups excluding carboxylic acids is 2. The Hall–Kier alpha value is -3.51. The zero-order valence-electron chi connectivity index (χ0n) is 15.8. The molecule has 1 aromatic heterocycles. The van der Waals surface area contributed by atoms with Crippen LogP contribution in [-0.4, -0.2) is 16.8 Å². The predicted molar refractivity (Wildman–Crippen MR) is 110 cm³/mol. The molecule has 4 N–H and O–H groups in total. The van der Waals surface area contributed by atoms with Gasteiger partial charge in [0.05, 0.1) is 11.3 Å². The van der Waals surface area contributed by atoms with Crippen LogP contribution in [0.15, 0.2) is 60.8 Å². The van der Waals surface area contributed by atoms with E-state index in [4.69, 9.17) is 5.73 Å². The number of aromatic nitrogens is 1. The number of nitrogens with one attached hydrogen (secondary N) is 2. The van der Waals surface area contributed by atoms with Crippen LogP contribution < -0.4 is 16.4 Å². The maximum atomic E-state index is 12.8. The van der Waals surface area contributed by atoms with Crippen molar-refractivity contribution in [2.75, 3.05) is 10.6 Å². The smallest absolute Gasteiger partial charge is 0.258 e. The Morgan fingerprint density at radius 1 is 0.893 bits per heavy atom. The van der Waals surface area contributed by atoms with Crippen LogP contribution in [0.4, 0.5) is 11.5 Å². The van der Waals surface area contributed by atoms with Crippen molar-refractivity contribution < 1.29 is 9.59 Å². The van der Waals surface area contributed by atoms with Crippen molar-refractivity contribution in [1.82, 2.24) is 4.98 Å². The number of carbonyl (C=O) groups is 2. The lowest BCUT2D eigenvalue weighted by Crippen LogP contribution is -2.19. The summed E-state index contributed by atoms with van der Waals surface area (Å²) >= 11 is 0.